The summed E-state index contributed by atoms with van der Waals surface area (Å²) < 4.78 is 0. The van der Waals surface area contributed by atoms with Crippen molar-refractivity contribution in [2.75, 3.05) is 0 Å². The van der Waals surface area contributed by atoms with Crippen LogP contribution in [0, 0.1) is 12.8 Å². The summed E-state index contributed by atoms with van der Waals surface area (Å²) in [5.74, 6) is 0.912. The van der Waals surface area contributed by atoms with Gasteiger partial charge >= 0.3 is 0 Å². The zero-order valence-corrected chi connectivity index (χ0v) is 8.74. The van der Waals surface area contributed by atoms with Gasteiger partial charge in [-0.2, -0.15) is 0 Å². The minimum Gasteiger partial charge on any atom is -0.388 e. The van der Waals surface area contributed by atoms with Crippen molar-refractivity contribution in [3.63, 3.8) is 0 Å². The highest BCUT2D eigenvalue weighted by Crippen LogP contribution is 2.35. The molecule has 1 fully saturated rings. The fourth-order valence-electron chi connectivity index (χ4n) is 1.84. The van der Waals surface area contributed by atoms with Gasteiger partial charge in [-0.15, -0.1) is 0 Å². The van der Waals surface area contributed by atoms with E-state index in [-0.39, 0.29) is 6.10 Å². The second-order valence-electron chi connectivity index (χ2n) is 4.45. The highest BCUT2D eigenvalue weighted by atomic mass is 16.3. The van der Waals surface area contributed by atoms with Crippen LogP contribution in [0.4, 0.5) is 0 Å². The molecule has 1 heteroatoms. The summed E-state index contributed by atoms with van der Waals surface area (Å²) in [6.45, 7) is 2.07. The molecule has 0 bridgehead atoms. The summed E-state index contributed by atoms with van der Waals surface area (Å²) in [6, 6.07) is 8.18. The lowest BCUT2D eigenvalue weighted by Crippen LogP contribution is -1.98. The quantitative estimate of drug-likeness (QED) is 0.773. The van der Waals surface area contributed by atoms with Crippen molar-refractivity contribution in [1.82, 2.24) is 0 Å². The van der Waals surface area contributed by atoms with Gasteiger partial charge in [-0.25, -0.2) is 0 Å². The normalized spacial score (nSPS) is 18.1. The van der Waals surface area contributed by atoms with Gasteiger partial charge in [0.15, 0.2) is 0 Å². The van der Waals surface area contributed by atoms with E-state index in [4.69, 9.17) is 0 Å². The molecule has 0 amide bonds. The molecule has 1 unspecified atom stereocenters. The first-order valence-electron chi connectivity index (χ1n) is 5.50. The lowest BCUT2D eigenvalue weighted by Gasteiger charge is -2.10. The van der Waals surface area contributed by atoms with Gasteiger partial charge in [0.05, 0.1) is 6.10 Å². The second kappa shape index (κ2) is 4.14. The Kier molecular flexibility index (Phi) is 2.87. The molecule has 0 radical (unpaired) electrons. The number of aliphatic hydroxyl groups excluding tert-OH is 1. The fraction of sp³-hybridized carbons (Fsp3) is 0.538. The Morgan fingerprint density at radius 2 is 2.21 bits per heavy atom. The van der Waals surface area contributed by atoms with Gasteiger partial charge in [-0.3, -0.25) is 0 Å². The van der Waals surface area contributed by atoms with Crippen LogP contribution < -0.4 is 0 Å². The summed E-state index contributed by atoms with van der Waals surface area (Å²) in [5.41, 5.74) is 2.30. The van der Waals surface area contributed by atoms with Gasteiger partial charge in [-0.1, -0.05) is 42.7 Å². The predicted molar refractivity (Wildman–Crippen MR) is 58.1 cm³/mol. The van der Waals surface area contributed by atoms with Crippen LogP contribution in [0.25, 0.3) is 0 Å². The lowest BCUT2D eigenvalue weighted by atomic mass is 10.0. The predicted octanol–water partition coefficient (Wildman–Crippen LogP) is 3.22. The molecule has 1 aliphatic rings. The van der Waals surface area contributed by atoms with Crippen molar-refractivity contribution < 1.29 is 5.11 Å². The smallest absolute Gasteiger partial charge is 0.0790 e. The molecular weight excluding hydrogens is 172 g/mol. The molecular formula is C13H18O. The maximum absolute atomic E-state index is 9.92. The molecule has 2 rings (SSSR count). The van der Waals surface area contributed by atoms with E-state index in [0.717, 1.165) is 17.9 Å². The second-order valence-corrected chi connectivity index (χ2v) is 4.45. The molecule has 0 aliphatic heterocycles. The number of hydrogen-bond donors (Lipinski definition) is 1. The standard InChI is InChI=1S/C13H18O/c1-10-3-2-4-12(9-10)13(14)8-7-11-5-6-11/h2-4,9,11,13-14H,5-8H2,1H3. The minimum atomic E-state index is -0.254. The summed E-state index contributed by atoms with van der Waals surface area (Å²) in [6.07, 6.45) is 4.61. The van der Waals surface area contributed by atoms with Crippen LogP contribution in [0.2, 0.25) is 0 Å². The maximum Gasteiger partial charge on any atom is 0.0790 e. The molecule has 1 N–H and O–H groups in total. The van der Waals surface area contributed by atoms with E-state index in [1.807, 2.05) is 12.1 Å². The van der Waals surface area contributed by atoms with E-state index in [9.17, 15) is 5.11 Å². The van der Waals surface area contributed by atoms with Crippen LogP contribution in [0.5, 0.6) is 0 Å². The molecule has 1 saturated carbocycles. The van der Waals surface area contributed by atoms with E-state index >= 15 is 0 Å². The number of rotatable bonds is 4. The Hall–Kier alpha value is -0.820. The summed E-state index contributed by atoms with van der Waals surface area (Å²) >= 11 is 0. The fourth-order valence-corrected chi connectivity index (χ4v) is 1.84. The van der Waals surface area contributed by atoms with Gasteiger partial charge in [-0.05, 0) is 31.2 Å². The first-order valence-corrected chi connectivity index (χ1v) is 5.50. The van der Waals surface area contributed by atoms with E-state index in [0.29, 0.717) is 0 Å². The van der Waals surface area contributed by atoms with Crippen LogP contribution in [-0.2, 0) is 0 Å². The zero-order chi connectivity index (χ0) is 9.97. The highest BCUT2D eigenvalue weighted by molar-refractivity contribution is 5.23. The van der Waals surface area contributed by atoms with Crippen LogP contribution in [0.1, 0.15) is 42.9 Å². The van der Waals surface area contributed by atoms with Crippen molar-refractivity contribution in [2.45, 2.75) is 38.7 Å². The largest absolute Gasteiger partial charge is 0.388 e. The number of aryl methyl sites for hydroxylation is 1. The first kappa shape index (κ1) is 9.72. The molecule has 1 aliphatic carbocycles. The third-order valence-corrected chi connectivity index (χ3v) is 2.97. The number of benzene rings is 1. The molecule has 0 saturated heterocycles. The topological polar surface area (TPSA) is 20.2 Å². The highest BCUT2D eigenvalue weighted by Gasteiger charge is 2.22. The Morgan fingerprint density at radius 1 is 1.43 bits per heavy atom. The van der Waals surface area contributed by atoms with E-state index in [2.05, 4.69) is 19.1 Å². The molecule has 14 heavy (non-hydrogen) atoms. The van der Waals surface area contributed by atoms with E-state index in [1.54, 1.807) is 0 Å². The maximum atomic E-state index is 9.92. The lowest BCUT2D eigenvalue weighted by molar-refractivity contribution is 0.162. The van der Waals surface area contributed by atoms with Gasteiger partial charge in [0.25, 0.3) is 0 Å². The molecule has 1 atom stereocenters. The minimum absolute atomic E-state index is 0.254. The first-order chi connectivity index (χ1) is 6.75. The van der Waals surface area contributed by atoms with Gasteiger partial charge in [0.2, 0.25) is 0 Å². The molecule has 76 valence electrons. The Morgan fingerprint density at radius 3 is 2.86 bits per heavy atom. The van der Waals surface area contributed by atoms with Gasteiger partial charge < -0.3 is 5.11 Å². The monoisotopic (exact) mass is 190 g/mol. The Balaban J connectivity index is 1.91. The summed E-state index contributed by atoms with van der Waals surface area (Å²) in [4.78, 5) is 0. The average Bonchev–Trinajstić information content (AvgIpc) is 2.97. The molecule has 0 heterocycles. The molecule has 1 aromatic carbocycles. The van der Waals surface area contributed by atoms with Gasteiger partial charge in [0.1, 0.15) is 0 Å². The number of hydrogen-bond acceptors (Lipinski definition) is 1. The third-order valence-electron chi connectivity index (χ3n) is 2.97. The Labute approximate surface area is 85.8 Å². The summed E-state index contributed by atoms with van der Waals surface area (Å²) in [7, 11) is 0. The van der Waals surface area contributed by atoms with Crippen LogP contribution >= 0.6 is 0 Å². The average molecular weight is 190 g/mol. The van der Waals surface area contributed by atoms with Crippen LogP contribution in [0.3, 0.4) is 0 Å². The Bertz CT molecular complexity index is 302. The molecule has 0 spiro atoms. The van der Waals surface area contributed by atoms with Crippen molar-refractivity contribution in [3.8, 4) is 0 Å². The van der Waals surface area contributed by atoms with E-state index < -0.39 is 0 Å². The van der Waals surface area contributed by atoms with Crippen molar-refractivity contribution in [1.29, 1.82) is 0 Å². The number of aliphatic hydroxyl groups is 1. The molecule has 0 aromatic heterocycles. The third kappa shape index (κ3) is 2.58. The van der Waals surface area contributed by atoms with Crippen molar-refractivity contribution >= 4 is 0 Å². The van der Waals surface area contributed by atoms with Crippen LogP contribution in [0.15, 0.2) is 24.3 Å². The summed E-state index contributed by atoms with van der Waals surface area (Å²) in [5, 5.41) is 9.92. The van der Waals surface area contributed by atoms with Gasteiger partial charge in [0, 0.05) is 0 Å². The SMILES string of the molecule is Cc1cccc(C(O)CCC2CC2)c1. The zero-order valence-electron chi connectivity index (χ0n) is 8.74. The molecule has 1 aromatic rings. The molecule has 1 nitrogen and oxygen atoms in total. The van der Waals surface area contributed by atoms with Crippen LogP contribution in [-0.4, -0.2) is 5.11 Å². The van der Waals surface area contributed by atoms with Crippen molar-refractivity contribution in [2.24, 2.45) is 5.92 Å². The van der Waals surface area contributed by atoms with E-state index in [1.165, 1.54) is 24.8 Å². The van der Waals surface area contributed by atoms with Crippen molar-refractivity contribution in [3.05, 3.63) is 35.4 Å².